The lowest BCUT2D eigenvalue weighted by atomic mass is 10.0. The molecule has 1 unspecified atom stereocenters. The van der Waals surface area contributed by atoms with Crippen LogP contribution in [0.3, 0.4) is 0 Å². The van der Waals surface area contributed by atoms with Gasteiger partial charge in [-0.25, -0.2) is 0 Å². The Kier molecular flexibility index (Phi) is 4.69. The monoisotopic (exact) mass is 326 g/mol. The van der Waals surface area contributed by atoms with Crippen molar-refractivity contribution in [1.82, 2.24) is 25.3 Å². The minimum absolute atomic E-state index is 0.00996. The first kappa shape index (κ1) is 16.3. The van der Waals surface area contributed by atoms with Crippen molar-refractivity contribution in [2.75, 3.05) is 25.0 Å². The fourth-order valence-electron chi connectivity index (χ4n) is 3.02. The van der Waals surface area contributed by atoms with E-state index in [1.165, 1.54) is 0 Å². The number of aryl methyl sites for hydroxylation is 2. The Balaban J connectivity index is 1.73. The highest BCUT2D eigenvalue weighted by atomic mass is 16.2. The number of piperidine rings is 1. The molecule has 3 heterocycles. The van der Waals surface area contributed by atoms with Gasteiger partial charge in [-0.15, -0.1) is 5.10 Å². The molecule has 0 N–H and O–H groups in total. The highest BCUT2D eigenvalue weighted by Crippen LogP contribution is 2.21. The molecule has 126 valence electrons. The number of nitrogens with zero attached hydrogens (tertiary/aromatic N) is 6. The lowest BCUT2D eigenvalue weighted by Crippen LogP contribution is -2.49. The molecular formula is C17H22N6O. The van der Waals surface area contributed by atoms with Crippen molar-refractivity contribution in [3.8, 4) is 0 Å². The SMILES string of the molecule is Cc1ccc(N2CCCC(N(C)C(=O)c3ccnnc3C)C2)nn1. The van der Waals surface area contributed by atoms with E-state index >= 15 is 0 Å². The van der Waals surface area contributed by atoms with E-state index in [2.05, 4.69) is 25.3 Å². The standard InChI is InChI=1S/C17H22N6O/c1-12-6-7-16(21-19-12)23-10-4-5-14(11-23)22(3)17(24)15-8-9-18-20-13(15)2/h6-9,14H,4-5,10-11H2,1-3H3. The van der Waals surface area contributed by atoms with E-state index in [1.54, 1.807) is 12.3 Å². The molecule has 7 nitrogen and oxygen atoms in total. The first-order valence-electron chi connectivity index (χ1n) is 8.17. The zero-order chi connectivity index (χ0) is 17.1. The molecule has 1 saturated heterocycles. The normalized spacial score (nSPS) is 17.6. The van der Waals surface area contributed by atoms with Crippen molar-refractivity contribution in [3.63, 3.8) is 0 Å². The Morgan fingerprint density at radius 1 is 1.21 bits per heavy atom. The first-order chi connectivity index (χ1) is 11.6. The number of likely N-dealkylation sites (N-methyl/N-ethyl adjacent to an activating group) is 1. The number of hydrogen-bond acceptors (Lipinski definition) is 6. The number of rotatable bonds is 3. The molecule has 0 aromatic carbocycles. The maximum absolute atomic E-state index is 12.8. The van der Waals surface area contributed by atoms with Gasteiger partial charge in [-0.1, -0.05) is 0 Å². The quantitative estimate of drug-likeness (QED) is 0.853. The van der Waals surface area contributed by atoms with Crippen molar-refractivity contribution >= 4 is 11.7 Å². The summed E-state index contributed by atoms with van der Waals surface area (Å²) in [5, 5.41) is 16.2. The van der Waals surface area contributed by atoms with Crippen LogP contribution in [-0.2, 0) is 0 Å². The summed E-state index contributed by atoms with van der Waals surface area (Å²) in [5.74, 6) is 0.858. The molecular weight excluding hydrogens is 304 g/mol. The van der Waals surface area contributed by atoms with E-state index in [0.29, 0.717) is 11.3 Å². The maximum Gasteiger partial charge on any atom is 0.255 e. The van der Waals surface area contributed by atoms with Crippen LogP contribution in [0.15, 0.2) is 24.4 Å². The molecule has 24 heavy (non-hydrogen) atoms. The highest BCUT2D eigenvalue weighted by molar-refractivity contribution is 5.95. The van der Waals surface area contributed by atoms with Crippen molar-refractivity contribution in [1.29, 1.82) is 0 Å². The molecule has 0 bridgehead atoms. The molecule has 3 rings (SSSR count). The summed E-state index contributed by atoms with van der Waals surface area (Å²) < 4.78 is 0. The van der Waals surface area contributed by atoms with Crippen molar-refractivity contribution in [3.05, 3.63) is 41.3 Å². The molecule has 1 aliphatic rings. The third-order valence-corrected chi connectivity index (χ3v) is 4.51. The van der Waals surface area contributed by atoms with Crippen LogP contribution in [0.25, 0.3) is 0 Å². The van der Waals surface area contributed by atoms with Crippen LogP contribution in [0.2, 0.25) is 0 Å². The number of carbonyl (C=O) groups is 1. The van der Waals surface area contributed by atoms with Crippen LogP contribution >= 0.6 is 0 Å². The van der Waals surface area contributed by atoms with Gasteiger partial charge in [0.15, 0.2) is 5.82 Å². The number of aromatic nitrogens is 4. The van der Waals surface area contributed by atoms with Crippen molar-refractivity contribution < 1.29 is 4.79 Å². The lowest BCUT2D eigenvalue weighted by Gasteiger charge is -2.38. The van der Waals surface area contributed by atoms with E-state index < -0.39 is 0 Å². The maximum atomic E-state index is 12.8. The van der Waals surface area contributed by atoms with Crippen LogP contribution in [0.1, 0.15) is 34.6 Å². The molecule has 1 fully saturated rings. The van der Waals surface area contributed by atoms with Crippen LogP contribution in [0.5, 0.6) is 0 Å². The zero-order valence-corrected chi connectivity index (χ0v) is 14.3. The second-order valence-electron chi connectivity index (χ2n) is 6.22. The number of hydrogen-bond donors (Lipinski definition) is 0. The Morgan fingerprint density at radius 3 is 2.75 bits per heavy atom. The van der Waals surface area contributed by atoms with Gasteiger partial charge in [-0.05, 0) is 44.9 Å². The van der Waals surface area contributed by atoms with E-state index in [1.807, 2.05) is 37.9 Å². The fraction of sp³-hybridized carbons (Fsp3) is 0.471. The Bertz CT molecular complexity index is 717. The number of amides is 1. The molecule has 0 saturated carbocycles. The summed E-state index contributed by atoms with van der Waals surface area (Å²) in [5.41, 5.74) is 2.17. The Hall–Kier alpha value is -2.57. The topological polar surface area (TPSA) is 75.1 Å². The third-order valence-electron chi connectivity index (χ3n) is 4.51. The minimum Gasteiger partial charge on any atom is -0.353 e. The number of anilines is 1. The van der Waals surface area contributed by atoms with Gasteiger partial charge in [0, 0.05) is 26.2 Å². The molecule has 2 aromatic rings. The van der Waals surface area contributed by atoms with Crippen LogP contribution in [-0.4, -0.2) is 57.4 Å². The van der Waals surface area contributed by atoms with Crippen molar-refractivity contribution in [2.24, 2.45) is 0 Å². The molecule has 1 atom stereocenters. The summed E-state index contributed by atoms with van der Waals surface area (Å²) in [7, 11) is 1.86. The van der Waals surface area contributed by atoms with Crippen molar-refractivity contribution in [2.45, 2.75) is 32.7 Å². The van der Waals surface area contributed by atoms with Gasteiger partial charge in [0.2, 0.25) is 0 Å². The second-order valence-corrected chi connectivity index (χ2v) is 6.22. The van der Waals surface area contributed by atoms with Gasteiger partial charge >= 0.3 is 0 Å². The van der Waals surface area contributed by atoms with Gasteiger partial charge in [0.05, 0.1) is 23.1 Å². The average Bonchev–Trinajstić information content (AvgIpc) is 2.61. The summed E-state index contributed by atoms with van der Waals surface area (Å²) in [4.78, 5) is 16.8. The summed E-state index contributed by atoms with van der Waals surface area (Å²) in [6.07, 6.45) is 3.56. The van der Waals surface area contributed by atoms with Gasteiger partial charge in [0.25, 0.3) is 5.91 Å². The third kappa shape index (κ3) is 3.34. The zero-order valence-electron chi connectivity index (χ0n) is 14.3. The summed E-state index contributed by atoms with van der Waals surface area (Å²) in [6, 6.07) is 5.82. The molecule has 0 spiro atoms. The fourth-order valence-corrected chi connectivity index (χ4v) is 3.02. The lowest BCUT2D eigenvalue weighted by molar-refractivity contribution is 0.0715. The number of carbonyl (C=O) groups excluding carboxylic acids is 1. The summed E-state index contributed by atoms with van der Waals surface area (Å²) >= 11 is 0. The van der Waals surface area contributed by atoms with E-state index in [9.17, 15) is 4.79 Å². The van der Waals surface area contributed by atoms with Crippen LogP contribution in [0, 0.1) is 13.8 Å². The van der Waals surface area contributed by atoms with Gasteiger partial charge < -0.3 is 9.80 Å². The van der Waals surface area contributed by atoms with E-state index in [0.717, 1.165) is 37.4 Å². The van der Waals surface area contributed by atoms with Gasteiger partial charge in [0.1, 0.15) is 0 Å². The largest absolute Gasteiger partial charge is 0.353 e. The van der Waals surface area contributed by atoms with Crippen LogP contribution < -0.4 is 4.90 Å². The molecule has 7 heteroatoms. The molecule has 0 aliphatic carbocycles. The van der Waals surface area contributed by atoms with Gasteiger partial charge in [-0.2, -0.15) is 15.3 Å². The molecule has 0 radical (unpaired) electrons. The molecule has 1 amide bonds. The van der Waals surface area contributed by atoms with Crippen LogP contribution in [0.4, 0.5) is 5.82 Å². The first-order valence-corrected chi connectivity index (χ1v) is 8.17. The predicted octanol–water partition coefficient (Wildman–Crippen LogP) is 1.62. The Labute approximate surface area is 141 Å². The smallest absolute Gasteiger partial charge is 0.255 e. The highest BCUT2D eigenvalue weighted by Gasteiger charge is 2.28. The minimum atomic E-state index is -0.00996. The van der Waals surface area contributed by atoms with Gasteiger partial charge in [-0.3, -0.25) is 4.79 Å². The Morgan fingerprint density at radius 2 is 2.04 bits per heavy atom. The van der Waals surface area contributed by atoms with E-state index in [4.69, 9.17) is 0 Å². The summed E-state index contributed by atoms with van der Waals surface area (Å²) in [6.45, 7) is 5.43. The predicted molar refractivity (Wildman–Crippen MR) is 90.9 cm³/mol. The average molecular weight is 326 g/mol. The van der Waals surface area contributed by atoms with E-state index in [-0.39, 0.29) is 11.9 Å². The molecule has 2 aromatic heterocycles. The second kappa shape index (κ2) is 6.90. The molecule has 1 aliphatic heterocycles.